The lowest BCUT2D eigenvalue weighted by Crippen LogP contribution is -2.20. The molecule has 1 N–H and O–H groups in total. The first-order valence-electron chi connectivity index (χ1n) is 9.79. The van der Waals surface area contributed by atoms with Crippen molar-refractivity contribution in [2.24, 2.45) is 0 Å². The zero-order valence-electron chi connectivity index (χ0n) is 17.4. The SMILES string of the molecule is Cc1cc2nc(COc3cc(NC(=O)COc4ccccc4F)ccc3C)cc(=O)n2o1. The number of ether oxygens (including phenoxy) is 2. The fourth-order valence-electron chi connectivity index (χ4n) is 3.03. The van der Waals surface area contributed by atoms with E-state index in [-0.39, 0.29) is 24.5 Å². The molecule has 0 unspecified atom stereocenters. The molecule has 0 atom stereocenters. The summed E-state index contributed by atoms with van der Waals surface area (Å²) < 4.78 is 31.0. The topological polar surface area (TPSA) is 95.1 Å². The lowest BCUT2D eigenvalue weighted by molar-refractivity contribution is -0.118. The number of aryl methyl sites for hydroxylation is 2. The van der Waals surface area contributed by atoms with E-state index in [0.29, 0.717) is 28.5 Å². The summed E-state index contributed by atoms with van der Waals surface area (Å²) in [6.45, 7) is 3.30. The summed E-state index contributed by atoms with van der Waals surface area (Å²) in [6, 6.07) is 14.0. The first-order chi connectivity index (χ1) is 15.4. The Morgan fingerprint density at radius 2 is 1.91 bits per heavy atom. The van der Waals surface area contributed by atoms with Crippen LogP contribution < -0.4 is 20.3 Å². The third-order valence-corrected chi connectivity index (χ3v) is 4.57. The minimum absolute atomic E-state index is 0.00349. The number of aromatic nitrogens is 2. The van der Waals surface area contributed by atoms with Crippen LogP contribution in [0.5, 0.6) is 11.5 Å². The van der Waals surface area contributed by atoms with Gasteiger partial charge in [-0.05, 0) is 37.6 Å². The molecule has 4 aromatic rings. The van der Waals surface area contributed by atoms with Crippen molar-refractivity contribution in [2.45, 2.75) is 20.5 Å². The number of fused-ring (bicyclic) bond motifs is 1. The number of carbonyl (C=O) groups excluding carboxylic acids is 1. The molecule has 0 fully saturated rings. The lowest BCUT2D eigenvalue weighted by Gasteiger charge is -2.12. The molecule has 0 aliphatic carbocycles. The number of para-hydroxylation sites is 1. The van der Waals surface area contributed by atoms with Crippen molar-refractivity contribution < 1.29 is 23.2 Å². The predicted octanol–water partition coefficient (Wildman–Crippen LogP) is 3.64. The van der Waals surface area contributed by atoms with Crippen LogP contribution in [0.4, 0.5) is 10.1 Å². The fourth-order valence-corrected chi connectivity index (χ4v) is 3.03. The third kappa shape index (κ3) is 4.77. The van der Waals surface area contributed by atoms with Crippen LogP contribution in [-0.4, -0.2) is 22.1 Å². The Balaban J connectivity index is 1.41. The van der Waals surface area contributed by atoms with Crippen LogP contribution in [0, 0.1) is 19.7 Å². The number of anilines is 1. The summed E-state index contributed by atoms with van der Waals surface area (Å²) in [5.41, 5.74) is 1.84. The van der Waals surface area contributed by atoms with E-state index in [9.17, 15) is 14.0 Å². The molecule has 32 heavy (non-hydrogen) atoms. The van der Waals surface area contributed by atoms with Crippen molar-refractivity contribution >= 4 is 17.2 Å². The number of rotatable bonds is 7. The molecule has 2 heterocycles. The Kier molecular flexibility index (Phi) is 5.89. The van der Waals surface area contributed by atoms with Gasteiger partial charge in [0.25, 0.3) is 11.5 Å². The zero-order valence-corrected chi connectivity index (χ0v) is 17.4. The maximum Gasteiger partial charge on any atom is 0.287 e. The van der Waals surface area contributed by atoms with Crippen molar-refractivity contribution in [1.29, 1.82) is 0 Å². The Morgan fingerprint density at radius 1 is 1.09 bits per heavy atom. The summed E-state index contributed by atoms with van der Waals surface area (Å²) in [5.74, 6) is 0.111. The Labute approximate surface area is 182 Å². The van der Waals surface area contributed by atoms with Crippen LogP contribution in [0.3, 0.4) is 0 Å². The van der Waals surface area contributed by atoms with Gasteiger partial charge < -0.3 is 19.3 Å². The molecule has 8 nitrogen and oxygen atoms in total. The highest BCUT2D eigenvalue weighted by molar-refractivity contribution is 5.92. The molecular weight excluding hydrogens is 417 g/mol. The predicted molar refractivity (Wildman–Crippen MR) is 115 cm³/mol. The first-order valence-corrected chi connectivity index (χ1v) is 9.79. The molecular formula is C23H20FN3O5. The van der Waals surface area contributed by atoms with Gasteiger partial charge in [-0.2, -0.15) is 0 Å². The Morgan fingerprint density at radius 3 is 2.72 bits per heavy atom. The van der Waals surface area contributed by atoms with Crippen LogP contribution in [-0.2, 0) is 11.4 Å². The number of hydrogen-bond donors (Lipinski definition) is 1. The van der Waals surface area contributed by atoms with Gasteiger partial charge in [0.1, 0.15) is 18.1 Å². The number of carbonyl (C=O) groups is 1. The van der Waals surface area contributed by atoms with E-state index in [1.807, 2.05) is 6.92 Å². The highest BCUT2D eigenvalue weighted by Gasteiger charge is 2.11. The smallest absolute Gasteiger partial charge is 0.287 e. The second-order valence-corrected chi connectivity index (χ2v) is 7.12. The molecule has 0 saturated heterocycles. The molecule has 1 amide bonds. The van der Waals surface area contributed by atoms with Crippen molar-refractivity contribution in [1.82, 2.24) is 9.56 Å². The van der Waals surface area contributed by atoms with E-state index in [4.69, 9.17) is 14.0 Å². The Hall–Kier alpha value is -4.14. The van der Waals surface area contributed by atoms with E-state index in [1.54, 1.807) is 37.3 Å². The summed E-state index contributed by atoms with van der Waals surface area (Å²) >= 11 is 0. The van der Waals surface area contributed by atoms with Gasteiger partial charge in [-0.3, -0.25) is 9.59 Å². The van der Waals surface area contributed by atoms with Crippen molar-refractivity contribution in [3.63, 3.8) is 0 Å². The molecule has 0 aliphatic heterocycles. The first kappa shape index (κ1) is 21.1. The van der Waals surface area contributed by atoms with Crippen LogP contribution >= 0.6 is 0 Å². The van der Waals surface area contributed by atoms with Gasteiger partial charge in [0, 0.05) is 23.9 Å². The number of nitrogens with zero attached hydrogens (tertiary/aromatic N) is 2. The largest absolute Gasteiger partial charge is 0.487 e. The molecule has 2 aromatic heterocycles. The second-order valence-electron chi connectivity index (χ2n) is 7.12. The summed E-state index contributed by atoms with van der Waals surface area (Å²) in [7, 11) is 0. The van der Waals surface area contributed by atoms with Crippen LogP contribution in [0.1, 0.15) is 17.0 Å². The highest BCUT2D eigenvalue weighted by atomic mass is 19.1. The standard InChI is InChI=1S/C23H20FN3O5/c1-14-7-8-16(26-22(28)13-31-19-6-4-3-5-18(19)24)10-20(14)30-12-17-11-23(29)27-21(25-17)9-15(2)32-27/h3-11H,12-13H2,1-2H3,(H,26,28). The number of hydrogen-bond acceptors (Lipinski definition) is 6. The summed E-state index contributed by atoms with van der Waals surface area (Å²) in [6.07, 6.45) is 0. The number of nitrogens with one attached hydrogen (secondary N) is 1. The molecule has 0 spiro atoms. The van der Waals surface area contributed by atoms with Gasteiger partial charge in [-0.15, -0.1) is 4.57 Å². The molecule has 2 aromatic carbocycles. The maximum atomic E-state index is 13.6. The number of halogens is 1. The maximum absolute atomic E-state index is 13.6. The van der Waals surface area contributed by atoms with E-state index < -0.39 is 11.7 Å². The van der Waals surface area contributed by atoms with Crippen molar-refractivity contribution in [3.8, 4) is 11.5 Å². The second kappa shape index (κ2) is 8.93. The van der Waals surface area contributed by atoms with Crippen molar-refractivity contribution in [3.05, 3.63) is 87.8 Å². The van der Waals surface area contributed by atoms with E-state index in [0.717, 1.165) is 10.1 Å². The lowest BCUT2D eigenvalue weighted by atomic mass is 10.2. The van der Waals surface area contributed by atoms with Gasteiger partial charge in [0.2, 0.25) is 0 Å². The summed E-state index contributed by atoms with van der Waals surface area (Å²) in [5, 5.41) is 2.69. The number of benzene rings is 2. The van der Waals surface area contributed by atoms with Crippen molar-refractivity contribution in [2.75, 3.05) is 11.9 Å². The molecule has 4 rings (SSSR count). The average molecular weight is 437 g/mol. The zero-order chi connectivity index (χ0) is 22.7. The Bertz CT molecular complexity index is 1350. The number of amides is 1. The van der Waals surface area contributed by atoms with E-state index in [1.165, 1.54) is 24.3 Å². The molecule has 0 radical (unpaired) electrons. The molecule has 0 aliphatic rings. The highest BCUT2D eigenvalue weighted by Crippen LogP contribution is 2.24. The van der Waals surface area contributed by atoms with Crippen LogP contribution in [0.15, 0.2) is 63.9 Å². The third-order valence-electron chi connectivity index (χ3n) is 4.57. The minimum atomic E-state index is -0.539. The van der Waals surface area contributed by atoms with Gasteiger partial charge in [-0.1, -0.05) is 18.2 Å². The van der Waals surface area contributed by atoms with Gasteiger partial charge >= 0.3 is 0 Å². The molecule has 0 saturated carbocycles. The van der Waals surface area contributed by atoms with Gasteiger partial charge in [0.05, 0.1) is 5.69 Å². The molecule has 9 heteroatoms. The average Bonchev–Trinajstić information content (AvgIpc) is 3.14. The fraction of sp³-hybridized carbons (Fsp3) is 0.174. The van der Waals surface area contributed by atoms with Crippen LogP contribution in [0.2, 0.25) is 0 Å². The van der Waals surface area contributed by atoms with Gasteiger partial charge in [0.15, 0.2) is 23.8 Å². The van der Waals surface area contributed by atoms with E-state index in [2.05, 4.69) is 10.3 Å². The normalized spacial score (nSPS) is 10.8. The molecule has 0 bridgehead atoms. The van der Waals surface area contributed by atoms with E-state index >= 15 is 0 Å². The minimum Gasteiger partial charge on any atom is -0.487 e. The monoisotopic (exact) mass is 437 g/mol. The molecule has 164 valence electrons. The summed E-state index contributed by atoms with van der Waals surface area (Å²) in [4.78, 5) is 28.7. The van der Waals surface area contributed by atoms with Gasteiger partial charge in [-0.25, -0.2) is 9.37 Å². The quantitative estimate of drug-likeness (QED) is 0.474. The van der Waals surface area contributed by atoms with Crippen LogP contribution in [0.25, 0.3) is 5.65 Å².